The van der Waals surface area contributed by atoms with Gasteiger partial charge in [-0.25, -0.2) is 4.98 Å². The van der Waals surface area contributed by atoms with Crippen molar-refractivity contribution in [1.82, 2.24) is 4.98 Å². The van der Waals surface area contributed by atoms with Crippen molar-refractivity contribution in [3.05, 3.63) is 27.9 Å². The molecule has 1 N–H and O–H groups in total. The monoisotopic (exact) mass is 290 g/mol. The highest BCUT2D eigenvalue weighted by atomic mass is 19.4. The summed E-state index contributed by atoms with van der Waals surface area (Å²) in [4.78, 5) is 14.0. The number of nitriles is 1. The van der Waals surface area contributed by atoms with Gasteiger partial charge in [-0.05, 0) is 6.07 Å². The van der Waals surface area contributed by atoms with Crippen LogP contribution in [0.1, 0.15) is 5.69 Å². The molecule has 0 amide bonds. The lowest BCUT2D eigenvalue weighted by Gasteiger charge is -2.23. The number of rotatable bonds is 5. The molecule has 0 spiro atoms. The number of halogens is 3. The average Bonchev–Trinajstić information content (AvgIpc) is 2.35. The summed E-state index contributed by atoms with van der Waals surface area (Å²) in [5.74, 6) is -0.265. The van der Waals surface area contributed by atoms with Crippen LogP contribution in [-0.2, 0) is 0 Å². The van der Waals surface area contributed by atoms with Gasteiger partial charge in [0.2, 0.25) is 5.69 Å². The second-order valence-electron chi connectivity index (χ2n) is 3.67. The number of nitro groups is 1. The largest absolute Gasteiger partial charge is 0.405 e. The molecule has 1 aromatic rings. The van der Waals surface area contributed by atoms with Gasteiger partial charge >= 0.3 is 11.9 Å². The van der Waals surface area contributed by atoms with Crippen molar-refractivity contribution in [2.75, 3.05) is 24.6 Å². The molecule has 0 radical (unpaired) electrons. The van der Waals surface area contributed by atoms with Crippen LogP contribution < -0.4 is 4.90 Å². The zero-order chi connectivity index (χ0) is 15.3. The normalized spacial score (nSPS) is 10.9. The van der Waals surface area contributed by atoms with E-state index in [-0.39, 0.29) is 12.4 Å². The van der Waals surface area contributed by atoms with Gasteiger partial charge in [0, 0.05) is 12.6 Å². The van der Waals surface area contributed by atoms with Crippen molar-refractivity contribution in [2.24, 2.45) is 0 Å². The number of hydrogen-bond donors (Lipinski definition) is 1. The summed E-state index contributed by atoms with van der Waals surface area (Å²) in [5, 5.41) is 28.1. The van der Waals surface area contributed by atoms with E-state index in [0.717, 1.165) is 12.1 Å². The molecule has 1 rings (SSSR count). The van der Waals surface area contributed by atoms with Gasteiger partial charge in [-0.3, -0.25) is 10.1 Å². The minimum absolute atomic E-state index is 0.265. The molecule has 0 saturated carbocycles. The number of aliphatic hydroxyl groups excluding tert-OH is 1. The Morgan fingerprint density at radius 2 is 2.15 bits per heavy atom. The van der Waals surface area contributed by atoms with E-state index in [1.807, 2.05) is 0 Å². The predicted molar refractivity (Wildman–Crippen MR) is 61.0 cm³/mol. The van der Waals surface area contributed by atoms with E-state index in [1.165, 1.54) is 6.07 Å². The number of anilines is 1. The summed E-state index contributed by atoms with van der Waals surface area (Å²) in [7, 11) is 0. The third-order valence-corrected chi connectivity index (χ3v) is 2.23. The van der Waals surface area contributed by atoms with E-state index in [0.29, 0.717) is 4.90 Å². The molecule has 7 nitrogen and oxygen atoms in total. The average molecular weight is 290 g/mol. The number of nitrogens with zero attached hydrogens (tertiary/aromatic N) is 4. The molecule has 0 saturated heterocycles. The number of aliphatic hydroxyl groups is 1. The van der Waals surface area contributed by atoms with Crippen molar-refractivity contribution < 1.29 is 23.2 Å². The van der Waals surface area contributed by atoms with E-state index in [1.54, 1.807) is 0 Å². The molecule has 1 heterocycles. The Hall–Kier alpha value is -2.41. The number of hydrogen-bond acceptors (Lipinski definition) is 6. The molecule has 0 bridgehead atoms. The fraction of sp³-hybridized carbons (Fsp3) is 0.400. The Balaban J connectivity index is 3.15. The van der Waals surface area contributed by atoms with E-state index in [2.05, 4.69) is 4.98 Å². The number of aromatic nitrogens is 1. The minimum atomic E-state index is -4.54. The van der Waals surface area contributed by atoms with Gasteiger partial charge < -0.3 is 10.0 Å². The Kier molecular flexibility index (Phi) is 4.82. The highest BCUT2D eigenvalue weighted by Gasteiger charge is 2.31. The van der Waals surface area contributed by atoms with Gasteiger partial charge in [-0.15, -0.1) is 0 Å². The lowest BCUT2D eigenvalue weighted by molar-refractivity contribution is -0.385. The first kappa shape index (κ1) is 15.6. The van der Waals surface area contributed by atoms with Gasteiger partial charge in [-0.2, -0.15) is 18.4 Å². The molecule has 0 aliphatic heterocycles. The summed E-state index contributed by atoms with van der Waals surface area (Å²) in [6, 6.07) is 3.36. The molecule has 0 unspecified atom stereocenters. The molecule has 10 heteroatoms. The molecule has 0 aliphatic carbocycles. The van der Waals surface area contributed by atoms with E-state index < -0.39 is 35.6 Å². The Morgan fingerprint density at radius 1 is 1.50 bits per heavy atom. The Morgan fingerprint density at radius 3 is 2.60 bits per heavy atom. The van der Waals surface area contributed by atoms with Crippen molar-refractivity contribution in [3.63, 3.8) is 0 Å². The summed E-state index contributed by atoms with van der Waals surface area (Å²) in [6.45, 7) is -2.31. The van der Waals surface area contributed by atoms with Crippen molar-refractivity contribution >= 4 is 11.5 Å². The van der Waals surface area contributed by atoms with Gasteiger partial charge in [-0.1, -0.05) is 0 Å². The van der Waals surface area contributed by atoms with Gasteiger partial charge in [0.15, 0.2) is 0 Å². The fourth-order valence-electron chi connectivity index (χ4n) is 1.46. The maximum absolute atomic E-state index is 12.4. The highest BCUT2D eigenvalue weighted by molar-refractivity contribution is 5.51. The summed E-state index contributed by atoms with van der Waals surface area (Å²) >= 11 is 0. The Labute approximate surface area is 111 Å². The van der Waals surface area contributed by atoms with Gasteiger partial charge in [0.05, 0.1) is 11.5 Å². The van der Waals surface area contributed by atoms with Crippen LogP contribution in [0.3, 0.4) is 0 Å². The molecule has 0 aliphatic rings. The SMILES string of the molecule is N#Cc1nc(N(CCO)CC(F)(F)F)ccc1[N+](=O)[O-]. The Bertz CT molecular complexity index is 542. The van der Waals surface area contributed by atoms with Crippen LogP contribution in [-0.4, -0.2) is 40.9 Å². The zero-order valence-electron chi connectivity index (χ0n) is 9.96. The molecule has 0 aromatic carbocycles. The summed E-state index contributed by atoms with van der Waals surface area (Å²) in [6.07, 6.45) is -4.54. The number of alkyl halides is 3. The standard InChI is InChI=1S/C10H9F3N4O3/c11-10(12,13)6-16(3-4-18)9-2-1-8(17(19)20)7(5-14)15-9/h1-2,18H,3-4,6H2. The molecule has 20 heavy (non-hydrogen) atoms. The topological polar surface area (TPSA) is 103 Å². The van der Waals surface area contributed by atoms with Gasteiger partial charge in [0.1, 0.15) is 18.4 Å². The maximum atomic E-state index is 12.4. The smallest absolute Gasteiger partial charge is 0.395 e. The van der Waals surface area contributed by atoms with Crippen LogP contribution in [0, 0.1) is 21.4 Å². The molecular formula is C10H9F3N4O3. The van der Waals surface area contributed by atoms with Crippen molar-refractivity contribution in [2.45, 2.75) is 6.18 Å². The second kappa shape index (κ2) is 6.16. The van der Waals surface area contributed by atoms with Crippen molar-refractivity contribution in [1.29, 1.82) is 5.26 Å². The first-order chi connectivity index (χ1) is 9.28. The second-order valence-corrected chi connectivity index (χ2v) is 3.67. The molecule has 108 valence electrons. The lowest BCUT2D eigenvalue weighted by Crippen LogP contribution is -2.36. The predicted octanol–water partition coefficient (Wildman–Crippen LogP) is 1.22. The molecule has 0 fully saturated rings. The molecule has 0 atom stereocenters. The van der Waals surface area contributed by atoms with Crippen LogP contribution in [0.4, 0.5) is 24.7 Å². The van der Waals surface area contributed by atoms with Crippen molar-refractivity contribution in [3.8, 4) is 6.07 Å². The third-order valence-electron chi connectivity index (χ3n) is 2.23. The molecular weight excluding hydrogens is 281 g/mol. The van der Waals surface area contributed by atoms with Gasteiger partial charge in [0.25, 0.3) is 0 Å². The van der Waals surface area contributed by atoms with Crippen LogP contribution >= 0.6 is 0 Å². The van der Waals surface area contributed by atoms with E-state index in [4.69, 9.17) is 10.4 Å². The maximum Gasteiger partial charge on any atom is 0.405 e. The van der Waals surface area contributed by atoms with Crippen LogP contribution in [0.15, 0.2) is 12.1 Å². The lowest BCUT2D eigenvalue weighted by atomic mass is 10.3. The number of pyridine rings is 1. The minimum Gasteiger partial charge on any atom is -0.395 e. The van der Waals surface area contributed by atoms with Crippen LogP contribution in [0.25, 0.3) is 0 Å². The first-order valence-electron chi connectivity index (χ1n) is 5.26. The van der Waals surface area contributed by atoms with Crippen LogP contribution in [0.5, 0.6) is 0 Å². The van der Waals surface area contributed by atoms with E-state index in [9.17, 15) is 23.3 Å². The van der Waals surface area contributed by atoms with Crippen LogP contribution in [0.2, 0.25) is 0 Å². The quantitative estimate of drug-likeness (QED) is 0.646. The summed E-state index contributed by atoms with van der Waals surface area (Å²) < 4.78 is 37.1. The zero-order valence-corrected chi connectivity index (χ0v) is 9.96. The van der Waals surface area contributed by atoms with E-state index >= 15 is 0 Å². The fourth-order valence-corrected chi connectivity index (χ4v) is 1.46. The first-order valence-corrected chi connectivity index (χ1v) is 5.26. The third kappa shape index (κ3) is 4.06. The highest BCUT2D eigenvalue weighted by Crippen LogP contribution is 2.24. The molecule has 1 aromatic heterocycles. The summed E-state index contributed by atoms with van der Waals surface area (Å²) in [5.41, 5.74) is -1.18.